The predicted octanol–water partition coefficient (Wildman–Crippen LogP) is 4.15. The number of hydrogen-bond acceptors (Lipinski definition) is 3. The van der Waals surface area contributed by atoms with Crippen LogP contribution < -0.4 is 15.2 Å². The molecule has 1 aliphatic rings. The Hall–Kier alpha value is -0.740. The summed E-state index contributed by atoms with van der Waals surface area (Å²) in [6, 6.07) is 3.90. The summed E-state index contributed by atoms with van der Waals surface area (Å²) in [5, 5.41) is 0. The van der Waals surface area contributed by atoms with E-state index in [1.807, 2.05) is 12.1 Å². The van der Waals surface area contributed by atoms with Crippen LogP contribution in [0.4, 0.5) is 0 Å². The van der Waals surface area contributed by atoms with E-state index in [0.29, 0.717) is 5.92 Å². The van der Waals surface area contributed by atoms with Crippen LogP contribution in [0.1, 0.15) is 39.3 Å². The Labute approximate surface area is 130 Å². The molecule has 112 valence electrons. The van der Waals surface area contributed by atoms with Gasteiger partial charge < -0.3 is 15.2 Å². The topological polar surface area (TPSA) is 44.5 Å². The average molecular weight is 342 g/mol. The first-order chi connectivity index (χ1) is 9.20. The van der Waals surface area contributed by atoms with Crippen LogP contribution >= 0.6 is 15.9 Å². The third kappa shape index (κ3) is 2.04. The van der Waals surface area contributed by atoms with Crippen molar-refractivity contribution in [1.82, 2.24) is 0 Å². The predicted molar refractivity (Wildman–Crippen MR) is 85.2 cm³/mol. The average Bonchev–Trinajstić information content (AvgIpc) is 2.78. The summed E-state index contributed by atoms with van der Waals surface area (Å²) in [5.74, 6) is 1.96. The largest absolute Gasteiger partial charge is 0.495 e. The van der Waals surface area contributed by atoms with Crippen molar-refractivity contribution in [3.8, 4) is 11.5 Å². The fourth-order valence-corrected chi connectivity index (χ4v) is 4.19. The van der Waals surface area contributed by atoms with Gasteiger partial charge in [-0.15, -0.1) is 0 Å². The van der Waals surface area contributed by atoms with Crippen LogP contribution in [-0.2, 0) is 0 Å². The number of halogens is 1. The van der Waals surface area contributed by atoms with E-state index in [1.54, 1.807) is 14.2 Å². The van der Waals surface area contributed by atoms with Crippen molar-refractivity contribution in [3.63, 3.8) is 0 Å². The molecular formula is C16H24BrNO2. The molecule has 1 fully saturated rings. The van der Waals surface area contributed by atoms with E-state index < -0.39 is 0 Å². The number of benzene rings is 1. The molecule has 0 bridgehead atoms. The monoisotopic (exact) mass is 341 g/mol. The molecule has 1 aromatic carbocycles. The van der Waals surface area contributed by atoms with E-state index in [1.165, 1.54) is 0 Å². The van der Waals surface area contributed by atoms with Gasteiger partial charge in [-0.3, -0.25) is 0 Å². The van der Waals surface area contributed by atoms with Gasteiger partial charge in [0.25, 0.3) is 0 Å². The molecule has 0 radical (unpaired) electrons. The third-order valence-electron chi connectivity index (χ3n) is 5.37. The lowest BCUT2D eigenvalue weighted by Crippen LogP contribution is -2.17. The minimum absolute atomic E-state index is 0.0443. The van der Waals surface area contributed by atoms with Crippen LogP contribution in [0.5, 0.6) is 11.5 Å². The molecule has 0 heterocycles. The molecule has 3 nitrogen and oxygen atoms in total. The van der Waals surface area contributed by atoms with Gasteiger partial charge in [0.05, 0.1) is 14.2 Å². The molecule has 0 saturated heterocycles. The lowest BCUT2D eigenvalue weighted by atomic mass is 9.96. The van der Waals surface area contributed by atoms with Crippen molar-refractivity contribution in [2.45, 2.75) is 33.7 Å². The van der Waals surface area contributed by atoms with Crippen LogP contribution in [0, 0.1) is 16.7 Å². The van der Waals surface area contributed by atoms with Crippen LogP contribution in [0.3, 0.4) is 0 Å². The highest BCUT2D eigenvalue weighted by Crippen LogP contribution is 2.72. The van der Waals surface area contributed by atoms with Crippen molar-refractivity contribution in [2.75, 3.05) is 14.2 Å². The highest BCUT2D eigenvalue weighted by molar-refractivity contribution is 9.10. The van der Waals surface area contributed by atoms with E-state index in [4.69, 9.17) is 15.2 Å². The molecule has 0 amide bonds. The highest BCUT2D eigenvalue weighted by atomic mass is 79.9. The fraction of sp³-hybridized carbons (Fsp3) is 0.625. The quantitative estimate of drug-likeness (QED) is 0.894. The van der Waals surface area contributed by atoms with Crippen molar-refractivity contribution in [1.29, 1.82) is 0 Å². The smallest absolute Gasteiger partial charge is 0.141 e. The third-order valence-corrected chi connectivity index (χ3v) is 6.12. The van der Waals surface area contributed by atoms with E-state index in [9.17, 15) is 0 Å². The van der Waals surface area contributed by atoms with Gasteiger partial charge in [-0.2, -0.15) is 0 Å². The number of methoxy groups -OCH3 is 2. The molecule has 1 atom stereocenters. The normalized spacial score (nSPS) is 21.4. The number of hydrogen-bond donors (Lipinski definition) is 1. The van der Waals surface area contributed by atoms with Crippen molar-refractivity contribution < 1.29 is 9.47 Å². The molecule has 0 aromatic heterocycles. The maximum atomic E-state index is 6.55. The number of ether oxygens (including phenoxy) is 2. The van der Waals surface area contributed by atoms with E-state index in [-0.39, 0.29) is 16.9 Å². The summed E-state index contributed by atoms with van der Waals surface area (Å²) in [4.78, 5) is 0. The van der Waals surface area contributed by atoms with E-state index >= 15 is 0 Å². The van der Waals surface area contributed by atoms with Gasteiger partial charge in [-0.25, -0.2) is 0 Å². The summed E-state index contributed by atoms with van der Waals surface area (Å²) in [7, 11) is 3.31. The summed E-state index contributed by atoms with van der Waals surface area (Å²) in [6.07, 6.45) is 0. The second-order valence-electron chi connectivity index (χ2n) is 6.65. The van der Waals surface area contributed by atoms with E-state index in [2.05, 4.69) is 43.6 Å². The lowest BCUT2D eigenvalue weighted by molar-refractivity contribution is 0.378. The van der Waals surface area contributed by atoms with Crippen LogP contribution in [0.25, 0.3) is 0 Å². The summed E-state index contributed by atoms with van der Waals surface area (Å²) in [5.41, 5.74) is 8.06. The molecule has 1 aromatic rings. The lowest BCUT2D eigenvalue weighted by Gasteiger charge is -2.20. The minimum Gasteiger partial charge on any atom is -0.495 e. The fourth-order valence-electron chi connectivity index (χ4n) is 3.51. The number of rotatable bonds is 4. The molecule has 1 saturated carbocycles. The Balaban J connectivity index is 2.42. The van der Waals surface area contributed by atoms with Gasteiger partial charge in [0.2, 0.25) is 0 Å². The maximum absolute atomic E-state index is 6.55. The Morgan fingerprint density at radius 3 is 2.05 bits per heavy atom. The Bertz CT molecular complexity index is 511. The molecule has 2 N–H and O–H groups in total. The Morgan fingerprint density at radius 1 is 1.10 bits per heavy atom. The minimum atomic E-state index is -0.0443. The SMILES string of the molecule is COc1ccc(C(N)C2C(C)(C)C2(C)C)c(OC)c1Br. The van der Waals surface area contributed by atoms with Crippen LogP contribution in [0.2, 0.25) is 0 Å². The highest BCUT2D eigenvalue weighted by Gasteiger charge is 2.66. The van der Waals surface area contributed by atoms with Gasteiger partial charge in [0.1, 0.15) is 16.0 Å². The molecule has 2 rings (SSSR count). The molecule has 1 unspecified atom stereocenters. The first-order valence-corrected chi connectivity index (χ1v) is 7.65. The standard InChI is InChI=1S/C16H24BrNO2/c1-15(2)14(16(15,3)4)12(18)9-7-8-10(19-5)11(17)13(9)20-6/h7-8,12,14H,18H2,1-6H3. The van der Waals surface area contributed by atoms with Gasteiger partial charge in [0.15, 0.2) is 0 Å². The Kier molecular flexibility index (Phi) is 3.85. The zero-order valence-electron chi connectivity index (χ0n) is 13.1. The number of nitrogens with two attached hydrogens (primary N) is 1. The van der Waals surface area contributed by atoms with Crippen molar-refractivity contribution in [3.05, 3.63) is 22.2 Å². The molecule has 20 heavy (non-hydrogen) atoms. The maximum Gasteiger partial charge on any atom is 0.141 e. The van der Waals surface area contributed by atoms with Crippen LogP contribution in [0.15, 0.2) is 16.6 Å². The zero-order valence-corrected chi connectivity index (χ0v) is 14.7. The van der Waals surface area contributed by atoms with Crippen molar-refractivity contribution >= 4 is 15.9 Å². The van der Waals surface area contributed by atoms with Gasteiger partial charge in [0, 0.05) is 11.6 Å². The summed E-state index contributed by atoms with van der Waals surface area (Å²) < 4.78 is 11.7. The Morgan fingerprint density at radius 2 is 1.65 bits per heavy atom. The first kappa shape index (κ1) is 15.6. The first-order valence-electron chi connectivity index (χ1n) is 6.86. The van der Waals surface area contributed by atoms with E-state index in [0.717, 1.165) is 21.5 Å². The van der Waals surface area contributed by atoms with Gasteiger partial charge in [-0.05, 0) is 44.8 Å². The molecule has 4 heteroatoms. The molecule has 1 aliphatic carbocycles. The molecular weight excluding hydrogens is 318 g/mol. The van der Waals surface area contributed by atoms with Gasteiger partial charge >= 0.3 is 0 Å². The second kappa shape index (κ2) is 4.92. The van der Waals surface area contributed by atoms with Crippen molar-refractivity contribution in [2.24, 2.45) is 22.5 Å². The van der Waals surface area contributed by atoms with Gasteiger partial charge in [-0.1, -0.05) is 27.7 Å². The zero-order chi connectivity index (χ0) is 15.3. The summed E-state index contributed by atoms with van der Waals surface area (Å²) in [6.45, 7) is 9.12. The second-order valence-corrected chi connectivity index (χ2v) is 7.44. The molecule has 0 aliphatic heterocycles. The summed E-state index contributed by atoms with van der Waals surface area (Å²) >= 11 is 3.54. The van der Waals surface area contributed by atoms with Crippen LogP contribution in [-0.4, -0.2) is 14.2 Å². The molecule has 0 spiro atoms.